The second kappa shape index (κ2) is 16.8. The van der Waals surface area contributed by atoms with Crippen molar-refractivity contribution in [2.45, 2.75) is 84.6 Å². The molecule has 1 heterocycles. The number of hydrogen-bond donors (Lipinski definition) is 1. The number of unbranched alkanes of at least 4 members (excludes halogenated alkanes) is 9. The van der Waals surface area contributed by atoms with Gasteiger partial charge in [0.1, 0.15) is 0 Å². The smallest absolute Gasteiger partial charge is 0.262 e. The molecule has 1 amide bonds. The van der Waals surface area contributed by atoms with Crippen LogP contribution in [0.4, 0.5) is 5.69 Å². The number of rotatable bonds is 18. The summed E-state index contributed by atoms with van der Waals surface area (Å²) in [5.74, 6) is 1.10. The van der Waals surface area contributed by atoms with E-state index in [0.29, 0.717) is 18.1 Å². The van der Waals surface area contributed by atoms with Gasteiger partial charge in [-0.25, -0.2) is 0 Å². The molecule has 0 radical (unpaired) electrons. The molecule has 2 aromatic carbocycles. The molecule has 200 valence electrons. The fourth-order valence-corrected chi connectivity index (χ4v) is 4.92. The number of anilines is 1. The van der Waals surface area contributed by atoms with Crippen molar-refractivity contribution >= 4 is 22.9 Å². The summed E-state index contributed by atoms with van der Waals surface area (Å²) in [6.07, 6.45) is 15.1. The number of ether oxygens (including phenoxy) is 2. The number of nitrogens with zero attached hydrogens (tertiary/aromatic N) is 1. The first-order valence-corrected chi connectivity index (χ1v) is 14.7. The molecule has 6 heteroatoms. The Balaban J connectivity index is 1.34. The van der Waals surface area contributed by atoms with Gasteiger partial charge >= 0.3 is 0 Å². The van der Waals surface area contributed by atoms with Gasteiger partial charge in [-0.1, -0.05) is 100 Å². The second-order valence-corrected chi connectivity index (χ2v) is 10.7. The van der Waals surface area contributed by atoms with Gasteiger partial charge in [-0.15, -0.1) is 0 Å². The van der Waals surface area contributed by atoms with Crippen molar-refractivity contribution in [2.75, 3.05) is 18.5 Å². The number of amides is 1. The number of aromatic nitrogens is 1. The molecule has 1 aromatic heterocycles. The highest BCUT2D eigenvalue weighted by atomic mass is 32.1. The van der Waals surface area contributed by atoms with Gasteiger partial charge in [0.05, 0.1) is 11.5 Å². The van der Waals surface area contributed by atoms with E-state index < -0.39 is 0 Å². The minimum absolute atomic E-state index is 0.0681. The third-order valence-electron chi connectivity index (χ3n) is 6.26. The largest absolute Gasteiger partial charge is 0.490 e. The van der Waals surface area contributed by atoms with Crippen LogP contribution in [0, 0.1) is 6.92 Å². The molecular formula is C31H43N2O3S+. The maximum atomic E-state index is 12.5. The van der Waals surface area contributed by atoms with E-state index in [-0.39, 0.29) is 12.5 Å². The van der Waals surface area contributed by atoms with E-state index in [4.69, 9.17) is 9.47 Å². The Bertz CT molecular complexity index is 1070. The summed E-state index contributed by atoms with van der Waals surface area (Å²) in [4.78, 5) is 13.8. The van der Waals surface area contributed by atoms with Gasteiger partial charge in [-0.2, -0.15) is 4.57 Å². The Kier molecular flexibility index (Phi) is 13.0. The van der Waals surface area contributed by atoms with E-state index >= 15 is 0 Å². The van der Waals surface area contributed by atoms with Crippen molar-refractivity contribution in [1.82, 2.24) is 0 Å². The lowest BCUT2D eigenvalue weighted by Crippen LogP contribution is -2.30. The number of hydrogen-bond acceptors (Lipinski definition) is 4. The first kappa shape index (κ1) is 28.7. The third kappa shape index (κ3) is 11.4. The first-order chi connectivity index (χ1) is 18.1. The highest BCUT2D eigenvalue weighted by molar-refractivity contribution is 7.09. The van der Waals surface area contributed by atoms with Crippen LogP contribution in [0.5, 0.6) is 11.5 Å². The standard InChI is InChI=1S/C31H42N2O3S/c1-3-4-5-6-7-8-9-10-11-14-20-35-29-18-12-13-19-30(29)36-24-31(34)32-28-17-15-16-27(21-28)23-33-22-26(2)37-25-33/h12-13,15-19,21-22,25H,3-11,14,20,23-24H2,1-2H3/p+1. The topological polar surface area (TPSA) is 51.4 Å². The van der Waals surface area contributed by atoms with Crippen molar-refractivity contribution in [3.8, 4) is 11.5 Å². The summed E-state index contributed by atoms with van der Waals surface area (Å²) in [6.45, 7) is 5.73. The van der Waals surface area contributed by atoms with Crippen LogP contribution in [-0.2, 0) is 11.3 Å². The van der Waals surface area contributed by atoms with Gasteiger partial charge < -0.3 is 14.8 Å². The number of benzene rings is 2. The quantitative estimate of drug-likeness (QED) is 0.137. The molecule has 0 aliphatic heterocycles. The zero-order valence-electron chi connectivity index (χ0n) is 22.5. The van der Waals surface area contributed by atoms with Gasteiger partial charge in [0.25, 0.3) is 5.91 Å². The first-order valence-electron chi connectivity index (χ1n) is 13.8. The molecule has 5 nitrogen and oxygen atoms in total. The van der Waals surface area contributed by atoms with Gasteiger partial charge in [0, 0.05) is 11.3 Å². The molecular weight excluding hydrogens is 480 g/mol. The number of carbonyl (C=O) groups excluding carboxylic acids is 1. The van der Waals surface area contributed by atoms with Gasteiger partial charge in [-0.3, -0.25) is 4.79 Å². The van der Waals surface area contributed by atoms with Crippen LogP contribution < -0.4 is 19.4 Å². The Morgan fingerprint density at radius 3 is 2.22 bits per heavy atom. The van der Waals surface area contributed by atoms with E-state index in [1.807, 2.05) is 42.5 Å². The van der Waals surface area contributed by atoms with Crippen LogP contribution in [0.2, 0.25) is 0 Å². The van der Waals surface area contributed by atoms with Crippen LogP contribution in [0.15, 0.2) is 60.2 Å². The van der Waals surface area contributed by atoms with Crippen LogP contribution >= 0.6 is 11.3 Å². The zero-order chi connectivity index (χ0) is 26.1. The van der Waals surface area contributed by atoms with Crippen LogP contribution in [0.1, 0.15) is 81.6 Å². The number of aryl methyl sites for hydroxylation is 1. The van der Waals surface area contributed by atoms with Crippen molar-refractivity contribution in [3.05, 3.63) is 70.7 Å². The predicted molar refractivity (Wildman–Crippen MR) is 153 cm³/mol. The zero-order valence-corrected chi connectivity index (χ0v) is 23.4. The van der Waals surface area contributed by atoms with E-state index in [0.717, 1.165) is 24.2 Å². The lowest BCUT2D eigenvalue weighted by Gasteiger charge is -2.13. The molecule has 0 atom stereocenters. The van der Waals surface area contributed by atoms with Gasteiger partial charge in [-0.05, 0) is 37.6 Å². The highest BCUT2D eigenvalue weighted by Crippen LogP contribution is 2.27. The van der Waals surface area contributed by atoms with E-state index in [1.54, 1.807) is 11.3 Å². The van der Waals surface area contributed by atoms with E-state index in [2.05, 4.69) is 41.5 Å². The van der Waals surface area contributed by atoms with Crippen molar-refractivity contribution in [3.63, 3.8) is 0 Å². The molecule has 0 fully saturated rings. The number of para-hydroxylation sites is 2. The molecule has 0 aliphatic carbocycles. The molecule has 0 bridgehead atoms. The molecule has 0 aliphatic rings. The van der Waals surface area contributed by atoms with E-state index in [9.17, 15) is 4.79 Å². The minimum Gasteiger partial charge on any atom is -0.490 e. The average molecular weight is 524 g/mol. The van der Waals surface area contributed by atoms with E-state index in [1.165, 1.54) is 62.7 Å². The fraction of sp³-hybridized carbons (Fsp3) is 0.484. The molecule has 0 spiro atoms. The lowest BCUT2D eigenvalue weighted by molar-refractivity contribution is -0.683. The number of nitrogens with one attached hydrogen (secondary N) is 1. The normalized spacial score (nSPS) is 10.9. The number of carbonyl (C=O) groups is 1. The van der Waals surface area contributed by atoms with Gasteiger partial charge in [0.2, 0.25) is 5.51 Å². The molecule has 0 saturated carbocycles. The minimum atomic E-state index is -0.194. The van der Waals surface area contributed by atoms with Crippen molar-refractivity contribution < 1.29 is 18.8 Å². The van der Waals surface area contributed by atoms with Crippen LogP contribution in [0.3, 0.4) is 0 Å². The molecule has 1 N–H and O–H groups in total. The molecule has 37 heavy (non-hydrogen) atoms. The van der Waals surface area contributed by atoms with Crippen molar-refractivity contribution in [1.29, 1.82) is 0 Å². The Morgan fingerprint density at radius 2 is 1.54 bits per heavy atom. The summed E-state index contributed by atoms with van der Waals surface area (Å²) in [7, 11) is 0. The Hall–Kier alpha value is -2.86. The maximum absolute atomic E-state index is 12.5. The summed E-state index contributed by atoms with van der Waals surface area (Å²) >= 11 is 1.72. The Labute approximate surface area is 226 Å². The average Bonchev–Trinajstić information content (AvgIpc) is 3.31. The SMILES string of the molecule is CCCCCCCCCCCCOc1ccccc1OCC(=O)Nc1cccc(C[n+]2csc(C)c2)c1. The molecule has 0 unspecified atom stereocenters. The monoisotopic (exact) mass is 523 g/mol. The lowest BCUT2D eigenvalue weighted by atomic mass is 10.1. The summed E-state index contributed by atoms with van der Waals surface area (Å²) in [5.41, 5.74) is 4.00. The van der Waals surface area contributed by atoms with Crippen molar-refractivity contribution in [2.24, 2.45) is 0 Å². The molecule has 3 aromatic rings. The second-order valence-electron chi connectivity index (χ2n) is 9.65. The summed E-state index contributed by atoms with van der Waals surface area (Å²) in [6, 6.07) is 15.5. The van der Waals surface area contributed by atoms with Crippen LogP contribution in [0.25, 0.3) is 0 Å². The summed E-state index contributed by atoms with van der Waals surface area (Å²) in [5, 5.41) is 2.94. The predicted octanol–water partition coefficient (Wildman–Crippen LogP) is 7.71. The fourth-order valence-electron chi connectivity index (χ4n) is 4.29. The Morgan fingerprint density at radius 1 is 0.865 bits per heavy atom. The molecule has 0 saturated heterocycles. The number of thiazole rings is 1. The maximum Gasteiger partial charge on any atom is 0.262 e. The van der Waals surface area contributed by atoms with Gasteiger partial charge in [0.15, 0.2) is 30.8 Å². The highest BCUT2D eigenvalue weighted by Gasteiger charge is 2.10. The third-order valence-corrected chi connectivity index (χ3v) is 7.11. The molecule has 3 rings (SSSR count). The summed E-state index contributed by atoms with van der Waals surface area (Å²) < 4.78 is 13.9. The van der Waals surface area contributed by atoms with Crippen LogP contribution in [-0.4, -0.2) is 19.1 Å².